The summed E-state index contributed by atoms with van der Waals surface area (Å²) >= 11 is 0. The number of ether oxygens (including phenoxy) is 1. The van der Waals surface area contributed by atoms with Gasteiger partial charge in [0.2, 0.25) is 0 Å². The Morgan fingerprint density at radius 2 is 2.47 bits per heavy atom. The van der Waals surface area contributed by atoms with Crippen molar-refractivity contribution in [3.63, 3.8) is 0 Å². The molecule has 0 saturated carbocycles. The van der Waals surface area contributed by atoms with Crippen LogP contribution < -0.4 is 5.32 Å². The normalized spacial score (nSPS) is 22.9. The van der Waals surface area contributed by atoms with Gasteiger partial charge in [0, 0.05) is 19.3 Å². The van der Waals surface area contributed by atoms with Gasteiger partial charge < -0.3 is 10.1 Å². The zero-order chi connectivity index (χ0) is 10.9. The van der Waals surface area contributed by atoms with E-state index >= 15 is 0 Å². The van der Waals surface area contributed by atoms with E-state index in [0.717, 1.165) is 32.1 Å². The second-order valence-corrected chi connectivity index (χ2v) is 4.44. The third-order valence-corrected chi connectivity index (χ3v) is 3.10. The Morgan fingerprint density at radius 1 is 1.60 bits per heavy atom. The first kappa shape index (κ1) is 12.7. The van der Waals surface area contributed by atoms with Crippen LogP contribution >= 0.6 is 0 Å². The van der Waals surface area contributed by atoms with E-state index in [1.54, 1.807) is 0 Å². The Morgan fingerprint density at radius 3 is 3.07 bits per heavy atom. The summed E-state index contributed by atoms with van der Waals surface area (Å²) in [5.74, 6) is 0.790. The van der Waals surface area contributed by atoms with Crippen molar-refractivity contribution < 1.29 is 4.74 Å². The number of unbranched alkanes of at least 4 members (excludes halogenated alkanes) is 1. The summed E-state index contributed by atoms with van der Waals surface area (Å²) in [6.45, 7) is 8.97. The summed E-state index contributed by atoms with van der Waals surface area (Å²) in [5.41, 5.74) is 0. The monoisotopic (exact) mass is 211 g/mol. The summed E-state index contributed by atoms with van der Waals surface area (Å²) in [7, 11) is 0. The molecule has 0 bridgehead atoms. The maximum absolute atomic E-state index is 5.42. The van der Waals surface area contributed by atoms with E-state index in [9.17, 15) is 0 Å². The topological polar surface area (TPSA) is 21.3 Å². The fourth-order valence-electron chi connectivity index (χ4n) is 2.27. The van der Waals surface area contributed by atoms with Crippen LogP contribution in [0.2, 0.25) is 0 Å². The van der Waals surface area contributed by atoms with Gasteiger partial charge in [0.1, 0.15) is 0 Å². The molecule has 1 aliphatic rings. The van der Waals surface area contributed by atoms with Gasteiger partial charge in [-0.1, -0.05) is 13.0 Å². The first-order chi connectivity index (χ1) is 7.36. The van der Waals surface area contributed by atoms with Crippen molar-refractivity contribution in [3.8, 4) is 0 Å². The van der Waals surface area contributed by atoms with E-state index in [1.165, 1.54) is 25.7 Å². The molecule has 2 unspecified atom stereocenters. The van der Waals surface area contributed by atoms with Gasteiger partial charge >= 0.3 is 0 Å². The minimum Gasteiger partial charge on any atom is -0.381 e. The molecule has 0 amide bonds. The molecule has 1 rings (SSSR count). The molecule has 1 heterocycles. The maximum Gasteiger partial charge on any atom is 0.0495 e. The molecule has 1 N–H and O–H groups in total. The smallest absolute Gasteiger partial charge is 0.0495 e. The fourth-order valence-corrected chi connectivity index (χ4v) is 2.27. The highest BCUT2D eigenvalue weighted by molar-refractivity contribution is 4.76. The Labute approximate surface area is 94.1 Å². The third-order valence-electron chi connectivity index (χ3n) is 3.10. The van der Waals surface area contributed by atoms with Crippen LogP contribution in [-0.2, 0) is 4.74 Å². The van der Waals surface area contributed by atoms with Crippen molar-refractivity contribution in [1.29, 1.82) is 0 Å². The zero-order valence-corrected chi connectivity index (χ0v) is 10.0. The van der Waals surface area contributed by atoms with Crippen molar-refractivity contribution in [2.45, 2.75) is 45.1 Å². The highest BCUT2D eigenvalue weighted by atomic mass is 16.5. The Bertz CT molecular complexity index is 164. The van der Waals surface area contributed by atoms with Crippen LogP contribution in [0.1, 0.15) is 39.0 Å². The van der Waals surface area contributed by atoms with Gasteiger partial charge in [0.25, 0.3) is 0 Å². The molecule has 15 heavy (non-hydrogen) atoms. The van der Waals surface area contributed by atoms with E-state index in [-0.39, 0.29) is 0 Å². The minimum atomic E-state index is 0.682. The van der Waals surface area contributed by atoms with E-state index in [1.807, 2.05) is 6.08 Å². The number of rotatable bonds is 8. The number of allylic oxidation sites excluding steroid dienone is 1. The highest BCUT2D eigenvalue weighted by Gasteiger charge is 2.19. The lowest BCUT2D eigenvalue weighted by molar-refractivity contribution is 0.181. The van der Waals surface area contributed by atoms with Crippen LogP contribution in [0.5, 0.6) is 0 Å². The predicted octanol–water partition coefficient (Wildman–Crippen LogP) is 2.75. The molecule has 0 aromatic rings. The number of hydrogen-bond donors (Lipinski definition) is 1. The quantitative estimate of drug-likeness (QED) is 0.492. The molecule has 2 heteroatoms. The molecular weight excluding hydrogens is 186 g/mol. The summed E-state index contributed by atoms with van der Waals surface area (Å²) in [6, 6.07) is 0.682. The van der Waals surface area contributed by atoms with Crippen LogP contribution in [-0.4, -0.2) is 25.8 Å². The van der Waals surface area contributed by atoms with Crippen LogP contribution in [0.4, 0.5) is 0 Å². The zero-order valence-electron chi connectivity index (χ0n) is 10.0. The third kappa shape index (κ3) is 5.33. The largest absolute Gasteiger partial charge is 0.381 e. The van der Waals surface area contributed by atoms with Crippen LogP contribution in [0.15, 0.2) is 12.7 Å². The molecular formula is C13H25NO. The molecule has 0 radical (unpaired) electrons. The molecule has 0 spiro atoms. The van der Waals surface area contributed by atoms with Crippen molar-refractivity contribution >= 4 is 0 Å². The lowest BCUT2D eigenvalue weighted by atomic mass is 9.95. The average molecular weight is 211 g/mol. The number of hydrogen-bond acceptors (Lipinski definition) is 2. The molecule has 0 aromatic heterocycles. The molecule has 1 saturated heterocycles. The summed E-state index contributed by atoms with van der Waals surface area (Å²) < 4.78 is 5.42. The van der Waals surface area contributed by atoms with E-state index in [4.69, 9.17) is 4.74 Å². The number of nitrogens with one attached hydrogen (secondary N) is 1. The first-order valence-electron chi connectivity index (χ1n) is 6.28. The predicted molar refractivity (Wildman–Crippen MR) is 65.1 cm³/mol. The standard InChI is InChI=1S/C13H25NO/c1-3-5-6-7-13(14-4-2)10-12-8-9-15-11-12/h3,12-14H,1,4-11H2,2H3. The van der Waals surface area contributed by atoms with Crippen molar-refractivity contribution in [2.24, 2.45) is 5.92 Å². The molecule has 1 aliphatic heterocycles. The first-order valence-corrected chi connectivity index (χ1v) is 6.28. The van der Waals surface area contributed by atoms with E-state index < -0.39 is 0 Å². The van der Waals surface area contributed by atoms with Crippen molar-refractivity contribution in [2.75, 3.05) is 19.8 Å². The Balaban J connectivity index is 2.18. The van der Waals surface area contributed by atoms with Crippen LogP contribution in [0, 0.1) is 5.92 Å². The van der Waals surface area contributed by atoms with Gasteiger partial charge in [-0.15, -0.1) is 6.58 Å². The fraction of sp³-hybridized carbons (Fsp3) is 0.846. The highest BCUT2D eigenvalue weighted by Crippen LogP contribution is 2.20. The summed E-state index contributed by atoms with van der Waals surface area (Å²) in [5, 5.41) is 3.58. The second-order valence-electron chi connectivity index (χ2n) is 4.44. The van der Waals surface area contributed by atoms with Gasteiger partial charge in [0.15, 0.2) is 0 Å². The minimum absolute atomic E-state index is 0.682. The second kappa shape index (κ2) is 7.89. The summed E-state index contributed by atoms with van der Waals surface area (Å²) in [4.78, 5) is 0. The lowest BCUT2D eigenvalue weighted by Gasteiger charge is -2.20. The molecule has 0 aromatic carbocycles. The van der Waals surface area contributed by atoms with Gasteiger partial charge in [-0.25, -0.2) is 0 Å². The maximum atomic E-state index is 5.42. The molecule has 2 atom stereocenters. The van der Waals surface area contributed by atoms with Crippen LogP contribution in [0.3, 0.4) is 0 Å². The Kier molecular flexibility index (Phi) is 6.69. The van der Waals surface area contributed by atoms with Crippen molar-refractivity contribution in [3.05, 3.63) is 12.7 Å². The van der Waals surface area contributed by atoms with Gasteiger partial charge in [-0.05, 0) is 44.6 Å². The molecule has 1 fully saturated rings. The Hall–Kier alpha value is -0.340. The SMILES string of the molecule is C=CCCCC(CC1CCOC1)NCC. The van der Waals surface area contributed by atoms with Gasteiger partial charge in [0.05, 0.1) is 0 Å². The van der Waals surface area contributed by atoms with Gasteiger partial charge in [-0.2, -0.15) is 0 Å². The van der Waals surface area contributed by atoms with E-state index in [0.29, 0.717) is 6.04 Å². The average Bonchev–Trinajstić information content (AvgIpc) is 2.71. The van der Waals surface area contributed by atoms with Crippen LogP contribution in [0.25, 0.3) is 0 Å². The molecule has 88 valence electrons. The lowest BCUT2D eigenvalue weighted by Crippen LogP contribution is -2.31. The molecule has 0 aliphatic carbocycles. The van der Waals surface area contributed by atoms with Gasteiger partial charge in [-0.3, -0.25) is 0 Å². The van der Waals surface area contributed by atoms with Crippen molar-refractivity contribution in [1.82, 2.24) is 5.32 Å². The molecule has 2 nitrogen and oxygen atoms in total. The summed E-state index contributed by atoms with van der Waals surface area (Å²) in [6.07, 6.45) is 8.23. The van der Waals surface area contributed by atoms with E-state index in [2.05, 4.69) is 18.8 Å².